The molecule has 7 heteroatoms. The van der Waals surface area contributed by atoms with E-state index in [1.807, 2.05) is 13.8 Å². The van der Waals surface area contributed by atoms with Crippen LogP contribution in [-0.2, 0) is 4.74 Å². The Kier molecular flexibility index (Phi) is 4.87. The lowest BCUT2D eigenvalue weighted by Crippen LogP contribution is -2.37. The highest BCUT2D eigenvalue weighted by molar-refractivity contribution is 5.75. The van der Waals surface area contributed by atoms with Gasteiger partial charge >= 0.3 is 6.09 Å². The van der Waals surface area contributed by atoms with Crippen LogP contribution in [0.3, 0.4) is 0 Å². The summed E-state index contributed by atoms with van der Waals surface area (Å²) in [6, 6.07) is 7.97. The first-order chi connectivity index (χ1) is 12.8. The van der Waals surface area contributed by atoms with Gasteiger partial charge in [0.25, 0.3) is 0 Å². The van der Waals surface area contributed by atoms with Crippen LogP contribution in [0.5, 0.6) is 17.2 Å². The number of hydrogen-bond acceptors (Lipinski definition) is 5. The van der Waals surface area contributed by atoms with Gasteiger partial charge in [-0.05, 0) is 24.3 Å². The SMILES string of the molecule is COc1ccc(-c2cc3c(cc2OC)C(OC(N)=O)C(C)(C)CO3)c(F)c1. The van der Waals surface area contributed by atoms with Gasteiger partial charge in [0.1, 0.15) is 29.2 Å². The molecule has 1 atom stereocenters. The molecule has 27 heavy (non-hydrogen) atoms. The van der Waals surface area contributed by atoms with Gasteiger partial charge in [-0.15, -0.1) is 0 Å². The summed E-state index contributed by atoms with van der Waals surface area (Å²) in [6.07, 6.45) is -1.48. The highest BCUT2D eigenvalue weighted by Gasteiger charge is 2.41. The number of primary amides is 1. The zero-order valence-corrected chi connectivity index (χ0v) is 15.7. The molecule has 144 valence electrons. The first kappa shape index (κ1) is 18.8. The molecule has 6 nitrogen and oxygen atoms in total. The van der Waals surface area contributed by atoms with Gasteiger partial charge in [-0.2, -0.15) is 0 Å². The van der Waals surface area contributed by atoms with Crippen LogP contribution >= 0.6 is 0 Å². The largest absolute Gasteiger partial charge is 0.497 e. The minimum Gasteiger partial charge on any atom is -0.497 e. The molecule has 0 spiro atoms. The summed E-state index contributed by atoms with van der Waals surface area (Å²) in [7, 11) is 2.97. The maximum Gasteiger partial charge on any atom is 0.405 e. The van der Waals surface area contributed by atoms with Crippen LogP contribution in [0.1, 0.15) is 25.5 Å². The highest BCUT2D eigenvalue weighted by atomic mass is 19.1. The first-order valence-electron chi connectivity index (χ1n) is 8.41. The molecule has 2 aromatic carbocycles. The van der Waals surface area contributed by atoms with E-state index in [0.717, 1.165) is 0 Å². The van der Waals surface area contributed by atoms with Gasteiger partial charge in [-0.1, -0.05) is 13.8 Å². The number of carbonyl (C=O) groups excluding carboxylic acids is 1. The summed E-state index contributed by atoms with van der Waals surface area (Å²) >= 11 is 0. The molecule has 0 aromatic heterocycles. The highest BCUT2D eigenvalue weighted by Crippen LogP contribution is 2.49. The number of fused-ring (bicyclic) bond motifs is 1. The van der Waals surface area contributed by atoms with Crippen molar-refractivity contribution in [1.29, 1.82) is 0 Å². The maximum atomic E-state index is 14.6. The summed E-state index contributed by atoms with van der Waals surface area (Å²) in [4.78, 5) is 11.4. The normalized spacial score (nSPS) is 17.4. The number of ether oxygens (including phenoxy) is 4. The summed E-state index contributed by atoms with van der Waals surface area (Å²) in [5.74, 6) is 0.888. The van der Waals surface area contributed by atoms with Crippen molar-refractivity contribution in [3.8, 4) is 28.4 Å². The Balaban J connectivity index is 2.14. The Morgan fingerprint density at radius 3 is 2.52 bits per heavy atom. The molecule has 0 saturated heterocycles. The zero-order chi connectivity index (χ0) is 19.8. The van der Waals surface area contributed by atoms with Crippen molar-refractivity contribution >= 4 is 6.09 Å². The van der Waals surface area contributed by atoms with Gasteiger partial charge in [0.2, 0.25) is 0 Å². The van der Waals surface area contributed by atoms with Crippen molar-refractivity contribution in [2.45, 2.75) is 20.0 Å². The van der Waals surface area contributed by atoms with Crippen molar-refractivity contribution in [3.05, 3.63) is 41.7 Å². The molecule has 1 unspecified atom stereocenters. The molecule has 0 bridgehead atoms. The number of amides is 1. The standard InChI is InChI=1S/C20H22FNO5/c1-20(2)10-26-17-8-13(12-6-5-11(24-3)7-15(12)21)16(25-4)9-14(17)18(20)27-19(22)23/h5-9,18H,10H2,1-4H3,(H2,22,23). The van der Waals surface area contributed by atoms with Gasteiger partial charge in [0, 0.05) is 28.2 Å². The molecule has 2 aromatic rings. The van der Waals surface area contributed by atoms with Crippen molar-refractivity contribution in [1.82, 2.24) is 0 Å². The maximum absolute atomic E-state index is 14.6. The Hall–Kier alpha value is -2.96. The van der Waals surface area contributed by atoms with Crippen molar-refractivity contribution in [2.24, 2.45) is 11.1 Å². The predicted octanol–water partition coefficient (Wildman–Crippen LogP) is 4.06. The van der Waals surface area contributed by atoms with Crippen LogP contribution in [0.25, 0.3) is 11.1 Å². The van der Waals surface area contributed by atoms with E-state index in [0.29, 0.717) is 40.5 Å². The van der Waals surface area contributed by atoms with E-state index in [1.54, 1.807) is 24.3 Å². The van der Waals surface area contributed by atoms with E-state index in [4.69, 9.17) is 24.7 Å². The second-order valence-corrected chi connectivity index (χ2v) is 7.03. The van der Waals surface area contributed by atoms with Crippen LogP contribution < -0.4 is 19.9 Å². The molecular formula is C20H22FNO5. The Bertz CT molecular complexity index is 881. The lowest BCUT2D eigenvalue weighted by atomic mass is 9.80. The molecule has 1 aliphatic heterocycles. The average molecular weight is 375 g/mol. The minimum absolute atomic E-state index is 0.314. The summed E-state index contributed by atoms with van der Waals surface area (Å²) in [5, 5.41) is 0. The third-order valence-electron chi connectivity index (χ3n) is 4.62. The van der Waals surface area contributed by atoms with Crippen LogP contribution in [0, 0.1) is 11.2 Å². The van der Waals surface area contributed by atoms with E-state index in [2.05, 4.69) is 0 Å². The fourth-order valence-corrected chi connectivity index (χ4v) is 3.23. The number of rotatable bonds is 4. The van der Waals surface area contributed by atoms with E-state index in [1.165, 1.54) is 20.3 Å². The lowest BCUT2D eigenvalue weighted by molar-refractivity contribution is -0.0177. The fourth-order valence-electron chi connectivity index (χ4n) is 3.23. The monoisotopic (exact) mass is 375 g/mol. The van der Waals surface area contributed by atoms with Gasteiger partial charge in [0.05, 0.1) is 20.8 Å². The van der Waals surface area contributed by atoms with Crippen LogP contribution in [0.15, 0.2) is 30.3 Å². The van der Waals surface area contributed by atoms with E-state index in [9.17, 15) is 9.18 Å². The predicted molar refractivity (Wildman–Crippen MR) is 97.6 cm³/mol. The number of carbonyl (C=O) groups is 1. The third kappa shape index (κ3) is 3.49. The zero-order valence-electron chi connectivity index (χ0n) is 15.7. The van der Waals surface area contributed by atoms with Gasteiger partial charge in [0.15, 0.2) is 0 Å². The topological polar surface area (TPSA) is 80.0 Å². The molecule has 0 saturated carbocycles. The van der Waals surface area contributed by atoms with Crippen molar-refractivity contribution in [2.75, 3.05) is 20.8 Å². The second-order valence-electron chi connectivity index (χ2n) is 7.03. The first-order valence-corrected chi connectivity index (χ1v) is 8.41. The third-order valence-corrected chi connectivity index (χ3v) is 4.62. The number of nitrogens with two attached hydrogens (primary N) is 1. The summed E-state index contributed by atoms with van der Waals surface area (Å²) < 4.78 is 36.3. The Morgan fingerprint density at radius 1 is 1.19 bits per heavy atom. The fraction of sp³-hybridized carbons (Fsp3) is 0.350. The van der Waals surface area contributed by atoms with Crippen LogP contribution in [0.4, 0.5) is 9.18 Å². The van der Waals surface area contributed by atoms with E-state index >= 15 is 0 Å². The number of halogens is 1. The van der Waals surface area contributed by atoms with Crippen LogP contribution in [0.2, 0.25) is 0 Å². The molecule has 3 rings (SSSR count). The molecule has 0 aliphatic carbocycles. The Morgan fingerprint density at radius 2 is 1.93 bits per heavy atom. The summed E-state index contributed by atoms with van der Waals surface area (Å²) in [5.41, 5.74) is 6.25. The molecule has 2 N–H and O–H groups in total. The molecule has 1 heterocycles. The Labute approximate surface area is 157 Å². The second kappa shape index (κ2) is 6.98. The average Bonchev–Trinajstić information content (AvgIpc) is 2.63. The van der Waals surface area contributed by atoms with Crippen LogP contribution in [-0.4, -0.2) is 26.9 Å². The quantitative estimate of drug-likeness (QED) is 0.871. The van der Waals surface area contributed by atoms with Gasteiger partial charge in [-0.3, -0.25) is 0 Å². The molecule has 0 radical (unpaired) electrons. The van der Waals surface area contributed by atoms with Crippen molar-refractivity contribution < 1.29 is 28.1 Å². The van der Waals surface area contributed by atoms with Gasteiger partial charge in [-0.25, -0.2) is 9.18 Å². The summed E-state index contributed by atoms with van der Waals surface area (Å²) in [6.45, 7) is 4.13. The number of benzene rings is 2. The minimum atomic E-state index is -0.870. The number of methoxy groups -OCH3 is 2. The van der Waals surface area contributed by atoms with Gasteiger partial charge < -0.3 is 24.7 Å². The van der Waals surface area contributed by atoms with E-state index in [-0.39, 0.29) is 0 Å². The smallest absolute Gasteiger partial charge is 0.405 e. The molecule has 1 aliphatic rings. The van der Waals surface area contributed by atoms with E-state index < -0.39 is 23.4 Å². The van der Waals surface area contributed by atoms with Crippen molar-refractivity contribution in [3.63, 3.8) is 0 Å². The molecular weight excluding hydrogens is 353 g/mol. The molecule has 1 amide bonds. The molecule has 0 fully saturated rings. The number of hydrogen-bond donors (Lipinski definition) is 1. The lowest BCUT2D eigenvalue weighted by Gasteiger charge is -2.38.